The van der Waals surface area contributed by atoms with E-state index < -0.39 is 0 Å². The molecule has 0 saturated heterocycles. The molecule has 0 amide bonds. The van der Waals surface area contributed by atoms with E-state index in [2.05, 4.69) is 55.5 Å². The van der Waals surface area contributed by atoms with Gasteiger partial charge in [0.25, 0.3) is 0 Å². The van der Waals surface area contributed by atoms with Crippen molar-refractivity contribution in [3.05, 3.63) is 70.8 Å². The van der Waals surface area contributed by atoms with Crippen LogP contribution in [0.2, 0.25) is 0 Å². The molecular weight excluding hydrogens is 240 g/mol. The van der Waals surface area contributed by atoms with Gasteiger partial charge in [-0.25, -0.2) is 0 Å². The Morgan fingerprint density at radius 2 is 1.50 bits per heavy atom. The predicted octanol–water partition coefficient (Wildman–Crippen LogP) is 4.69. The van der Waals surface area contributed by atoms with Crippen LogP contribution in [0.3, 0.4) is 0 Å². The molecule has 0 N–H and O–H groups in total. The number of aryl methyl sites for hydroxylation is 1. The Hall–Kier alpha value is -1.27. The summed E-state index contributed by atoms with van der Waals surface area (Å²) in [6.45, 7) is 2.11. The lowest BCUT2D eigenvalue weighted by Gasteiger charge is -2.17. The smallest absolute Gasteiger partial charge is 0.0619 e. The van der Waals surface area contributed by atoms with Gasteiger partial charge in [-0.15, -0.1) is 11.6 Å². The molecule has 0 aliphatic heterocycles. The van der Waals surface area contributed by atoms with Crippen LogP contribution in [-0.2, 0) is 12.8 Å². The molecule has 0 fully saturated rings. The van der Waals surface area contributed by atoms with Gasteiger partial charge in [0, 0.05) is 0 Å². The number of rotatable bonds is 2. The lowest BCUT2D eigenvalue weighted by molar-refractivity contribution is 0.541. The third kappa shape index (κ3) is 2.18. The molecule has 18 heavy (non-hydrogen) atoms. The zero-order valence-electron chi connectivity index (χ0n) is 10.6. The van der Waals surface area contributed by atoms with E-state index in [-0.39, 0.29) is 5.38 Å². The summed E-state index contributed by atoms with van der Waals surface area (Å²) in [4.78, 5) is 0. The van der Waals surface area contributed by atoms with Crippen molar-refractivity contribution >= 4 is 11.6 Å². The van der Waals surface area contributed by atoms with Gasteiger partial charge in [0.2, 0.25) is 0 Å². The van der Waals surface area contributed by atoms with E-state index in [9.17, 15) is 0 Å². The quantitative estimate of drug-likeness (QED) is 0.684. The van der Waals surface area contributed by atoms with Gasteiger partial charge in [0.1, 0.15) is 0 Å². The molecule has 0 heterocycles. The molecule has 1 atom stereocenters. The standard InChI is InChI=1S/C17H17Cl/c1-12-6-8-13(9-7-12)17(18)16-10-14-4-2-3-5-15(14)11-16/h2-9,16-17H,10-11H2,1H3. The number of benzene rings is 2. The van der Waals surface area contributed by atoms with Crippen LogP contribution in [0, 0.1) is 12.8 Å². The van der Waals surface area contributed by atoms with Gasteiger partial charge in [0.15, 0.2) is 0 Å². The SMILES string of the molecule is Cc1ccc(C(Cl)C2Cc3ccccc3C2)cc1. The summed E-state index contributed by atoms with van der Waals surface area (Å²) < 4.78 is 0. The molecular formula is C17H17Cl. The fourth-order valence-corrected chi connectivity index (χ4v) is 3.15. The minimum absolute atomic E-state index is 0.123. The second-order valence-electron chi connectivity index (χ2n) is 5.25. The first-order chi connectivity index (χ1) is 8.74. The van der Waals surface area contributed by atoms with Crippen molar-refractivity contribution in [2.24, 2.45) is 5.92 Å². The number of hydrogen-bond acceptors (Lipinski definition) is 0. The van der Waals surface area contributed by atoms with Crippen LogP contribution in [0.4, 0.5) is 0 Å². The molecule has 0 nitrogen and oxygen atoms in total. The van der Waals surface area contributed by atoms with Crippen molar-refractivity contribution in [3.63, 3.8) is 0 Å². The van der Waals surface area contributed by atoms with Gasteiger partial charge in [-0.1, -0.05) is 54.1 Å². The average molecular weight is 257 g/mol. The van der Waals surface area contributed by atoms with Crippen LogP contribution in [0.15, 0.2) is 48.5 Å². The molecule has 2 aromatic carbocycles. The fraction of sp³-hybridized carbons (Fsp3) is 0.294. The number of hydrogen-bond donors (Lipinski definition) is 0. The van der Waals surface area contributed by atoms with Gasteiger partial charge in [-0.05, 0) is 42.4 Å². The van der Waals surface area contributed by atoms with Crippen molar-refractivity contribution in [3.8, 4) is 0 Å². The minimum Gasteiger partial charge on any atom is -0.117 e. The van der Waals surface area contributed by atoms with Crippen molar-refractivity contribution in [2.75, 3.05) is 0 Å². The maximum absolute atomic E-state index is 6.65. The number of alkyl halides is 1. The molecule has 1 heteroatoms. The summed E-state index contributed by atoms with van der Waals surface area (Å²) >= 11 is 6.65. The summed E-state index contributed by atoms with van der Waals surface area (Å²) in [6.07, 6.45) is 2.22. The topological polar surface area (TPSA) is 0 Å². The Morgan fingerprint density at radius 1 is 0.944 bits per heavy atom. The van der Waals surface area contributed by atoms with Crippen molar-refractivity contribution in [1.82, 2.24) is 0 Å². The lowest BCUT2D eigenvalue weighted by atomic mass is 9.95. The molecule has 1 unspecified atom stereocenters. The summed E-state index contributed by atoms with van der Waals surface area (Å²) in [5.74, 6) is 0.534. The molecule has 1 aliphatic rings. The summed E-state index contributed by atoms with van der Waals surface area (Å²) in [6, 6.07) is 17.3. The number of halogens is 1. The maximum Gasteiger partial charge on any atom is 0.0619 e. The third-order valence-electron chi connectivity index (χ3n) is 3.89. The van der Waals surface area contributed by atoms with E-state index in [1.807, 2.05) is 0 Å². The van der Waals surface area contributed by atoms with Crippen molar-refractivity contribution in [1.29, 1.82) is 0 Å². The molecule has 0 bridgehead atoms. The second-order valence-corrected chi connectivity index (χ2v) is 5.72. The van der Waals surface area contributed by atoms with E-state index in [1.54, 1.807) is 0 Å². The molecule has 2 aromatic rings. The molecule has 0 saturated carbocycles. The Kier molecular flexibility index (Phi) is 3.13. The zero-order chi connectivity index (χ0) is 12.5. The summed E-state index contributed by atoms with van der Waals surface area (Å²) in [7, 11) is 0. The van der Waals surface area contributed by atoms with Gasteiger partial charge < -0.3 is 0 Å². The largest absolute Gasteiger partial charge is 0.117 e. The second kappa shape index (κ2) is 4.78. The highest BCUT2D eigenvalue weighted by atomic mass is 35.5. The highest BCUT2D eigenvalue weighted by Crippen LogP contribution is 2.38. The van der Waals surface area contributed by atoms with Gasteiger partial charge >= 0.3 is 0 Å². The van der Waals surface area contributed by atoms with E-state index in [0.29, 0.717) is 5.92 Å². The Balaban J connectivity index is 1.80. The third-order valence-corrected chi connectivity index (χ3v) is 4.50. The highest BCUT2D eigenvalue weighted by molar-refractivity contribution is 6.21. The first-order valence-electron chi connectivity index (χ1n) is 6.51. The van der Waals surface area contributed by atoms with E-state index in [0.717, 1.165) is 12.8 Å². The average Bonchev–Trinajstić information content (AvgIpc) is 2.82. The maximum atomic E-state index is 6.65. The van der Waals surface area contributed by atoms with Crippen LogP contribution >= 0.6 is 11.6 Å². The van der Waals surface area contributed by atoms with E-state index >= 15 is 0 Å². The van der Waals surface area contributed by atoms with Crippen LogP contribution in [0.5, 0.6) is 0 Å². The van der Waals surface area contributed by atoms with Gasteiger partial charge in [-0.3, -0.25) is 0 Å². The van der Waals surface area contributed by atoms with Crippen LogP contribution < -0.4 is 0 Å². The lowest BCUT2D eigenvalue weighted by Crippen LogP contribution is -2.08. The molecule has 0 spiro atoms. The van der Waals surface area contributed by atoms with Crippen LogP contribution in [0.1, 0.15) is 27.6 Å². The Morgan fingerprint density at radius 3 is 2.06 bits per heavy atom. The molecule has 0 radical (unpaired) electrons. The van der Waals surface area contributed by atoms with Crippen LogP contribution in [0.25, 0.3) is 0 Å². The monoisotopic (exact) mass is 256 g/mol. The van der Waals surface area contributed by atoms with Gasteiger partial charge in [-0.2, -0.15) is 0 Å². The fourth-order valence-electron chi connectivity index (χ4n) is 2.82. The zero-order valence-corrected chi connectivity index (χ0v) is 11.3. The van der Waals surface area contributed by atoms with Crippen molar-refractivity contribution < 1.29 is 0 Å². The van der Waals surface area contributed by atoms with Crippen LogP contribution in [-0.4, -0.2) is 0 Å². The Bertz CT molecular complexity index is 517. The number of fused-ring (bicyclic) bond motifs is 1. The van der Waals surface area contributed by atoms with Crippen molar-refractivity contribution in [2.45, 2.75) is 25.1 Å². The first kappa shape index (κ1) is 11.8. The molecule has 0 aromatic heterocycles. The summed E-state index contributed by atoms with van der Waals surface area (Å²) in [5, 5.41) is 0.123. The summed E-state index contributed by atoms with van der Waals surface area (Å²) in [5.41, 5.74) is 5.48. The van der Waals surface area contributed by atoms with Gasteiger partial charge in [0.05, 0.1) is 5.38 Å². The normalized spacial score (nSPS) is 16.6. The molecule has 3 rings (SSSR count). The molecule has 92 valence electrons. The minimum atomic E-state index is 0.123. The van der Waals surface area contributed by atoms with E-state index in [4.69, 9.17) is 11.6 Å². The first-order valence-corrected chi connectivity index (χ1v) is 6.95. The highest BCUT2D eigenvalue weighted by Gasteiger charge is 2.27. The Labute approximate surface area is 114 Å². The van der Waals surface area contributed by atoms with E-state index in [1.165, 1.54) is 22.3 Å². The predicted molar refractivity (Wildman–Crippen MR) is 77.1 cm³/mol. The molecule has 1 aliphatic carbocycles.